The summed E-state index contributed by atoms with van der Waals surface area (Å²) >= 11 is 1.33. The highest BCUT2D eigenvalue weighted by Gasteiger charge is 2.17. The van der Waals surface area contributed by atoms with Gasteiger partial charge in [0.25, 0.3) is 5.91 Å². The number of hydrogen-bond donors (Lipinski definition) is 2. The molecule has 1 saturated carbocycles. The van der Waals surface area contributed by atoms with Crippen molar-refractivity contribution in [2.24, 2.45) is 18.7 Å². The molecule has 1 aromatic carbocycles. The molecule has 7 nitrogen and oxygen atoms in total. The van der Waals surface area contributed by atoms with Crippen LogP contribution < -0.4 is 11.1 Å². The van der Waals surface area contributed by atoms with Gasteiger partial charge in [-0.3, -0.25) is 9.59 Å². The topological polar surface area (TPSA) is 103 Å². The Morgan fingerprint density at radius 1 is 1.21 bits per heavy atom. The summed E-state index contributed by atoms with van der Waals surface area (Å²) < 4.78 is 1.97. The van der Waals surface area contributed by atoms with E-state index in [0.29, 0.717) is 11.3 Å². The lowest BCUT2D eigenvalue weighted by atomic mass is 9.86. The quantitative estimate of drug-likeness (QED) is 0.662. The molecule has 1 aromatic heterocycles. The molecule has 1 aliphatic rings. The SMILES string of the molecule is Cn1c(CCC2CCCCC2)nnc1SCC(=O)Nc1ccccc1C(N)=O. The molecule has 150 valence electrons. The largest absolute Gasteiger partial charge is 0.366 e. The monoisotopic (exact) mass is 401 g/mol. The summed E-state index contributed by atoms with van der Waals surface area (Å²) in [6.45, 7) is 0. The Kier molecular flexibility index (Phi) is 7.08. The molecule has 2 amide bonds. The molecule has 0 atom stereocenters. The first-order valence-corrected chi connectivity index (χ1v) is 10.7. The van der Waals surface area contributed by atoms with E-state index in [1.165, 1.54) is 43.9 Å². The Balaban J connectivity index is 1.51. The Labute approximate surface area is 169 Å². The van der Waals surface area contributed by atoms with Crippen molar-refractivity contribution in [1.29, 1.82) is 0 Å². The van der Waals surface area contributed by atoms with Crippen molar-refractivity contribution in [1.82, 2.24) is 14.8 Å². The van der Waals surface area contributed by atoms with Crippen molar-refractivity contribution in [2.45, 2.75) is 50.1 Å². The van der Waals surface area contributed by atoms with E-state index < -0.39 is 5.91 Å². The number of nitrogens with two attached hydrogens (primary N) is 1. The Hall–Kier alpha value is -2.35. The minimum atomic E-state index is -0.570. The first kappa shape index (κ1) is 20.4. The molecule has 0 aliphatic heterocycles. The number of hydrogen-bond acceptors (Lipinski definition) is 5. The van der Waals surface area contributed by atoms with Crippen molar-refractivity contribution >= 4 is 29.3 Å². The number of amides is 2. The number of carbonyl (C=O) groups is 2. The van der Waals surface area contributed by atoms with Crippen LogP contribution in [0.15, 0.2) is 29.4 Å². The number of aromatic nitrogens is 3. The number of benzene rings is 1. The predicted molar refractivity (Wildman–Crippen MR) is 110 cm³/mol. The van der Waals surface area contributed by atoms with Gasteiger partial charge in [0.15, 0.2) is 5.16 Å². The van der Waals surface area contributed by atoms with Gasteiger partial charge < -0.3 is 15.6 Å². The van der Waals surface area contributed by atoms with Gasteiger partial charge in [-0.15, -0.1) is 10.2 Å². The molecule has 8 heteroatoms. The van der Waals surface area contributed by atoms with E-state index in [9.17, 15) is 9.59 Å². The third kappa shape index (κ3) is 5.34. The lowest BCUT2D eigenvalue weighted by molar-refractivity contribution is -0.113. The highest BCUT2D eigenvalue weighted by atomic mass is 32.2. The van der Waals surface area contributed by atoms with Crippen LogP contribution in [0.3, 0.4) is 0 Å². The van der Waals surface area contributed by atoms with Gasteiger partial charge in [-0.25, -0.2) is 0 Å². The average Bonchev–Trinajstić information content (AvgIpc) is 3.05. The smallest absolute Gasteiger partial charge is 0.250 e. The Morgan fingerprint density at radius 3 is 2.71 bits per heavy atom. The Bertz CT molecular complexity index is 830. The standard InChI is InChI=1S/C20H27N5O2S/c1-25-17(12-11-14-7-3-2-4-8-14)23-24-20(25)28-13-18(26)22-16-10-6-5-9-15(16)19(21)27/h5-6,9-10,14H,2-4,7-8,11-13H2,1H3,(H2,21,27)(H,22,26). The number of rotatable bonds is 8. The molecule has 0 spiro atoms. The van der Waals surface area contributed by atoms with Gasteiger partial charge >= 0.3 is 0 Å². The molecule has 0 saturated heterocycles. The molecule has 1 fully saturated rings. The molecule has 0 bridgehead atoms. The second-order valence-corrected chi connectivity index (χ2v) is 8.19. The van der Waals surface area contributed by atoms with Crippen molar-refractivity contribution < 1.29 is 9.59 Å². The normalized spacial score (nSPS) is 14.8. The van der Waals surface area contributed by atoms with E-state index >= 15 is 0 Å². The highest BCUT2D eigenvalue weighted by molar-refractivity contribution is 7.99. The van der Waals surface area contributed by atoms with Gasteiger partial charge in [-0.2, -0.15) is 0 Å². The van der Waals surface area contributed by atoms with Crippen molar-refractivity contribution in [2.75, 3.05) is 11.1 Å². The van der Waals surface area contributed by atoms with Crippen LogP contribution in [0.4, 0.5) is 5.69 Å². The van der Waals surface area contributed by atoms with Crippen LogP contribution in [0, 0.1) is 5.92 Å². The molecule has 28 heavy (non-hydrogen) atoms. The van der Waals surface area contributed by atoms with Crippen molar-refractivity contribution in [3.05, 3.63) is 35.7 Å². The molecule has 1 heterocycles. The number of anilines is 1. The average molecular weight is 402 g/mol. The van der Waals surface area contributed by atoms with E-state index in [0.717, 1.165) is 29.7 Å². The summed E-state index contributed by atoms with van der Waals surface area (Å²) in [5.74, 6) is 1.16. The molecule has 3 rings (SSSR count). The molecule has 0 unspecified atom stereocenters. The minimum Gasteiger partial charge on any atom is -0.366 e. The zero-order valence-corrected chi connectivity index (χ0v) is 17.0. The summed E-state index contributed by atoms with van der Waals surface area (Å²) in [4.78, 5) is 23.7. The molecule has 3 N–H and O–H groups in total. The minimum absolute atomic E-state index is 0.182. The van der Waals surface area contributed by atoms with E-state index in [4.69, 9.17) is 5.73 Å². The fourth-order valence-electron chi connectivity index (χ4n) is 3.62. The van der Waals surface area contributed by atoms with Gasteiger partial charge in [0.2, 0.25) is 5.91 Å². The number of aryl methyl sites for hydroxylation is 1. The van der Waals surface area contributed by atoms with Crippen molar-refractivity contribution in [3.8, 4) is 0 Å². The Morgan fingerprint density at radius 2 is 1.96 bits per heavy atom. The molecule has 1 aliphatic carbocycles. The summed E-state index contributed by atoms with van der Waals surface area (Å²) in [5.41, 5.74) is 6.06. The number of nitrogens with zero attached hydrogens (tertiary/aromatic N) is 3. The van der Waals surface area contributed by atoms with Crippen molar-refractivity contribution in [3.63, 3.8) is 0 Å². The van der Waals surface area contributed by atoms with E-state index in [1.54, 1.807) is 24.3 Å². The third-order valence-corrected chi connectivity index (χ3v) is 6.25. The summed E-state index contributed by atoms with van der Waals surface area (Å²) in [6.07, 6.45) is 8.79. The van der Waals surface area contributed by atoms with Gasteiger partial charge in [0.05, 0.1) is 17.0 Å². The first-order valence-electron chi connectivity index (χ1n) is 9.74. The van der Waals surface area contributed by atoms with E-state index in [-0.39, 0.29) is 11.7 Å². The van der Waals surface area contributed by atoms with Gasteiger partial charge in [0, 0.05) is 13.5 Å². The number of carbonyl (C=O) groups excluding carboxylic acids is 2. The van der Waals surface area contributed by atoms with Crippen LogP contribution in [0.25, 0.3) is 0 Å². The second-order valence-electron chi connectivity index (χ2n) is 7.25. The molecule has 0 radical (unpaired) electrons. The zero-order valence-electron chi connectivity index (χ0n) is 16.2. The van der Waals surface area contributed by atoms with E-state index in [1.807, 2.05) is 11.6 Å². The number of primary amides is 1. The van der Waals surface area contributed by atoms with Crippen LogP contribution in [0.2, 0.25) is 0 Å². The number of para-hydroxylation sites is 1. The summed E-state index contributed by atoms with van der Waals surface area (Å²) in [6, 6.07) is 6.70. The number of nitrogens with one attached hydrogen (secondary N) is 1. The van der Waals surface area contributed by atoms with E-state index in [2.05, 4.69) is 15.5 Å². The maximum atomic E-state index is 12.3. The van der Waals surface area contributed by atoms with Gasteiger partial charge in [0.1, 0.15) is 5.82 Å². The molecular formula is C20H27N5O2S. The highest BCUT2D eigenvalue weighted by Crippen LogP contribution is 2.27. The van der Waals surface area contributed by atoms with Crippen LogP contribution >= 0.6 is 11.8 Å². The fourth-order valence-corrected chi connectivity index (χ4v) is 4.35. The molecule has 2 aromatic rings. The lowest BCUT2D eigenvalue weighted by Gasteiger charge is -2.20. The van der Waals surface area contributed by atoms with Crippen LogP contribution in [0.1, 0.15) is 54.7 Å². The van der Waals surface area contributed by atoms with Gasteiger partial charge in [-0.1, -0.05) is 56.0 Å². The van der Waals surface area contributed by atoms with Gasteiger partial charge in [-0.05, 0) is 24.5 Å². The zero-order chi connectivity index (χ0) is 19.9. The summed E-state index contributed by atoms with van der Waals surface area (Å²) in [7, 11) is 1.94. The first-order chi connectivity index (χ1) is 13.5. The van der Waals surface area contributed by atoms with Crippen LogP contribution in [-0.2, 0) is 18.3 Å². The summed E-state index contributed by atoms with van der Waals surface area (Å²) in [5, 5.41) is 12.0. The fraction of sp³-hybridized carbons (Fsp3) is 0.500. The van der Waals surface area contributed by atoms with Crippen LogP contribution in [-0.4, -0.2) is 32.3 Å². The maximum absolute atomic E-state index is 12.3. The number of thioether (sulfide) groups is 1. The predicted octanol–water partition coefficient (Wildman–Crippen LogP) is 3.16. The third-order valence-electron chi connectivity index (χ3n) is 5.22. The molecular weight excluding hydrogens is 374 g/mol. The lowest BCUT2D eigenvalue weighted by Crippen LogP contribution is -2.19. The van der Waals surface area contributed by atoms with Crippen LogP contribution in [0.5, 0.6) is 0 Å². The second kappa shape index (κ2) is 9.73. The maximum Gasteiger partial charge on any atom is 0.250 e.